The molecular formula is C16H21F3N2. The average molecular weight is 298 g/mol. The lowest BCUT2D eigenvalue weighted by molar-refractivity contribution is -0.0961. The van der Waals surface area contributed by atoms with Crippen LogP contribution in [0.1, 0.15) is 24.9 Å². The Hall–Kier alpha value is -1.33. The lowest BCUT2D eigenvalue weighted by Crippen LogP contribution is -2.37. The Bertz CT molecular complexity index is 482. The van der Waals surface area contributed by atoms with E-state index in [1.54, 1.807) is 0 Å². The summed E-state index contributed by atoms with van der Waals surface area (Å²) in [6.07, 6.45) is -2.82. The molecule has 116 valence electrons. The number of rotatable bonds is 4. The summed E-state index contributed by atoms with van der Waals surface area (Å²) in [6, 6.07) is 9.70. The van der Waals surface area contributed by atoms with Crippen LogP contribution in [0.5, 0.6) is 0 Å². The fourth-order valence-electron chi connectivity index (χ4n) is 2.66. The molecular weight excluding hydrogens is 277 g/mol. The zero-order chi connectivity index (χ0) is 15.5. The summed E-state index contributed by atoms with van der Waals surface area (Å²) in [4.78, 5) is 2.03. The lowest BCUT2D eigenvalue weighted by Gasteiger charge is -2.31. The predicted molar refractivity (Wildman–Crippen MR) is 77.7 cm³/mol. The first-order valence-corrected chi connectivity index (χ1v) is 7.17. The Morgan fingerprint density at radius 2 is 1.90 bits per heavy atom. The second kappa shape index (κ2) is 6.62. The summed E-state index contributed by atoms with van der Waals surface area (Å²) in [5.41, 5.74) is 6.89. The number of nitrogens with zero attached hydrogens (tertiary/aromatic N) is 1. The molecule has 1 aromatic rings. The van der Waals surface area contributed by atoms with E-state index in [4.69, 9.17) is 5.73 Å². The van der Waals surface area contributed by atoms with E-state index in [-0.39, 0.29) is 18.4 Å². The molecule has 2 atom stereocenters. The zero-order valence-electron chi connectivity index (χ0n) is 12.1. The molecule has 1 aliphatic heterocycles. The second-order valence-corrected chi connectivity index (χ2v) is 5.65. The van der Waals surface area contributed by atoms with Crippen LogP contribution >= 0.6 is 0 Å². The maximum absolute atomic E-state index is 12.6. The highest BCUT2D eigenvalue weighted by Crippen LogP contribution is 2.30. The molecule has 0 radical (unpaired) electrons. The molecule has 0 aromatic heterocycles. The minimum absolute atomic E-state index is 0.0663. The van der Waals surface area contributed by atoms with Gasteiger partial charge in [0.1, 0.15) is 0 Å². The first-order chi connectivity index (χ1) is 9.88. The van der Waals surface area contributed by atoms with Crippen molar-refractivity contribution in [3.8, 4) is 0 Å². The summed E-state index contributed by atoms with van der Waals surface area (Å²) >= 11 is 0. The van der Waals surface area contributed by atoms with Crippen molar-refractivity contribution in [2.24, 2.45) is 11.7 Å². The molecule has 2 unspecified atom stereocenters. The number of hydrogen-bond donors (Lipinski definition) is 1. The molecule has 21 heavy (non-hydrogen) atoms. The van der Waals surface area contributed by atoms with Gasteiger partial charge in [-0.05, 0) is 17.9 Å². The van der Waals surface area contributed by atoms with Gasteiger partial charge in [-0.15, -0.1) is 0 Å². The standard InChI is InChI=1S/C16H21F3N2/c1-12(15(20)13-5-3-2-4-6-13)11-21-9-7-14(8-10-21)16(17,18)19/h2-7,12,15H,8-11,20H2,1H3. The maximum Gasteiger partial charge on any atom is 0.412 e. The van der Waals surface area contributed by atoms with E-state index in [9.17, 15) is 13.2 Å². The second-order valence-electron chi connectivity index (χ2n) is 5.65. The fourth-order valence-corrected chi connectivity index (χ4v) is 2.66. The highest BCUT2D eigenvalue weighted by Gasteiger charge is 2.35. The first kappa shape index (κ1) is 16.0. The smallest absolute Gasteiger partial charge is 0.324 e. The Balaban J connectivity index is 1.90. The van der Waals surface area contributed by atoms with Gasteiger partial charge < -0.3 is 5.73 Å². The normalized spacial score (nSPS) is 20.0. The number of halogens is 3. The molecule has 0 saturated carbocycles. The third-order valence-corrected chi connectivity index (χ3v) is 4.00. The molecule has 2 N–H and O–H groups in total. The van der Waals surface area contributed by atoms with Gasteiger partial charge in [-0.1, -0.05) is 43.3 Å². The van der Waals surface area contributed by atoms with Crippen molar-refractivity contribution in [2.75, 3.05) is 19.6 Å². The SMILES string of the molecule is CC(CN1CC=C(C(F)(F)F)CC1)C(N)c1ccccc1. The minimum atomic E-state index is -4.18. The Labute approximate surface area is 123 Å². The van der Waals surface area contributed by atoms with Crippen molar-refractivity contribution in [1.82, 2.24) is 4.90 Å². The molecule has 2 rings (SSSR count). The highest BCUT2D eigenvalue weighted by molar-refractivity contribution is 5.19. The van der Waals surface area contributed by atoms with E-state index in [1.807, 2.05) is 42.2 Å². The van der Waals surface area contributed by atoms with Gasteiger partial charge in [-0.3, -0.25) is 4.90 Å². The third-order valence-electron chi connectivity index (χ3n) is 4.00. The molecule has 0 fully saturated rings. The molecule has 0 aliphatic carbocycles. The third kappa shape index (κ3) is 4.32. The summed E-state index contributed by atoms with van der Waals surface area (Å²) in [6.45, 7) is 3.54. The Kier molecular flexibility index (Phi) is 5.06. The van der Waals surface area contributed by atoms with E-state index < -0.39 is 11.7 Å². The van der Waals surface area contributed by atoms with Gasteiger partial charge in [0.15, 0.2) is 0 Å². The zero-order valence-corrected chi connectivity index (χ0v) is 12.1. The van der Waals surface area contributed by atoms with Crippen LogP contribution < -0.4 is 5.73 Å². The van der Waals surface area contributed by atoms with Crippen LogP contribution in [-0.2, 0) is 0 Å². The Morgan fingerprint density at radius 3 is 2.43 bits per heavy atom. The lowest BCUT2D eigenvalue weighted by atomic mass is 9.94. The number of nitrogens with two attached hydrogens (primary N) is 1. The largest absolute Gasteiger partial charge is 0.412 e. The van der Waals surface area contributed by atoms with Crippen molar-refractivity contribution in [1.29, 1.82) is 0 Å². The van der Waals surface area contributed by atoms with Gasteiger partial charge in [-0.25, -0.2) is 0 Å². The van der Waals surface area contributed by atoms with Crippen LogP contribution in [0, 0.1) is 5.92 Å². The van der Waals surface area contributed by atoms with Crippen molar-refractivity contribution in [2.45, 2.75) is 25.6 Å². The van der Waals surface area contributed by atoms with E-state index in [2.05, 4.69) is 0 Å². The van der Waals surface area contributed by atoms with Gasteiger partial charge >= 0.3 is 6.18 Å². The number of benzene rings is 1. The van der Waals surface area contributed by atoms with Crippen molar-refractivity contribution in [3.05, 3.63) is 47.5 Å². The van der Waals surface area contributed by atoms with Crippen LogP contribution in [0.3, 0.4) is 0 Å². The van der Waals surface area contributed by atoms with Gasteiger partial charge in [0.25, 0.3) is 0 Å². The van der Waals surface area contributed by atoms with Gasteiger partial charge in [0, 0.05) is 31.2 Å². The van der Waals surface area contributed by atoms with E-state index >= 15 is 0 Å². The van der Waals surface area contributed by atoms with E-state index in [0.29, 0.717) is 19.6 Å². The summed E-state index contributed by atoms with van der Waals surface area (Å²) in [7, 11) is 0. The quantitative estimate of drug-likeness (QED) is 0.862. The number of hydrogen-bond acceptors (Lipinski definition) is 2. The molecule has 1 aliphatic rings. The predicted octanol–water partition coefficient (Wildman–Crippen LogP) is 3.52. The molecule has 0 spiro atoms. The van der Waals surface area contributed by atoms with Crippen molar-refractivity contribution >= 4 is 0 Å². The van der Waals surface area contributed by atoms with Crippen LogP contribution in [0.2, 0.25) is 0 Å². The molecule has 0 bridgehead atoms. The Morgan fingerprint density at radius 1 is 1.24 bits per heavy atom. The molecule has 1 aromatic carbocycles. The fraction of sp³-hybridized carbons (Fsp3) is 0.500. The van der Waals surface area contributed by atoms with Crippen LogP contribution in [0.25, 0.3) is 0 Å². The highest BCUT2D eigenvalue weighted by atomic mass is 19.4. The summed E-state index contributed by atoms with van der Waals surface area (Å²) < 4.78 is 37.7. The summed E-state index contributed by atoms with van der Waals surface area (Å²) in [5.74, 6) is 0.188. The minimum Gasteiger partial charge on any atom is -0.324 e. The maximum atomic E-state index is 12.6. The topological polar surface area (TPSA) is 29.3 Å². The average Bonchev–Trinajstić information content (AvgIpc) is 2.47. The molecule has 2 nitrogen and oxygen atoms in total. The number of alkyl halides is 3. The van der Waals surface area contributed by atoms with Crippen LogP contribution in [0.4, 0.5) is 13.2 Å². The van der Waals surface area contributed by atoms with Crippen molar-refractivity contribution in [3.63, 3.8) is 0 Å². The van der Waals surface area contributed by atoms with E-state index in [0.717, 1.165) is 5.56 Å². The van der Waals surface area contributed by atoms with Crippen molar-refractivity contribution < 1.29 is 13.2 Å². The van der Waals surface area contributed by atoms with Crippen LogP contribution in [-0.4, -0.2) is 30.7 Å². The van der Waals surface area contributed by atoms with E-state index in [1.165, 1.54) is 6.08 Å². The first-order valence-electron chi connectivity index (χ1n) is 7.17. The summed E-state index contributed by atoms with van der Waals surface area (Å²) in [5, 5.41) is 0. The van der Waals surface area contributed by atoms with Gasteiger partial charge in [-0.2, -0.15) is 13.2 Å². The monoisotopic (exact) mass is 298 g/mol. The molecule has 0 saturated heterocycles. The molecule has 5 heteroatoms. The van der Waals surface area contributed by atoms with Gasteiger partial charge in [0.05, 0.1) is 0 Å². The van der Waals surface area contributed by atoms with Crippen LogP contribution in [0.15, 0.2) is 42.0 Å². The van der Waals surface area contributed by atoms with Gasteiger partial charge in [0.2, 0.25) is 0 Å². The molecule has 1 heterocycles. The molecule has 0 amide bonds.